The zero-order valence-corrected chi connectivity index (χ0v) is 23.2. The number of carbonyl (C=O) groups is 5. The first-order valence-corrected chi connectivity index (χ1v) is 13.0. The number of likely N-dealkylation sites (N-methyl/N-ethyl adjacent to an activating group) is 1. The van der Waals surface area contributed by atoms with Gasteiger partial charge in [-0.1, -0.05) is 47.5 Å². The van der Waals surface area contributed by atoms with Crippen LogP contribution in [0.5, 0.6) is 0 Å². The molecule has 0 radical (unpaired) electrons. The average Bonchev–Trinajstić information content (AvgIpc) is 3.53. The maximum absolute atomic E-state index is 13.3. The van der Waals surface area contributed by atoms with Gasteiger partial charge >= 0.3 is 0 Å². The molecule has 3 N–H and O–H groups in total. The van der Waals surface area contributed by atoms with Crippen molar-refractivity contribution in [2.24, 2.45) is 11.8 Å². The fourth-order valence-corrected chi connectivity index (χ4v) is 3.77. The van der Waals surface area contributed by atoms with Crippen LogP contribution in [-0.4, -0.2) is 78.2 Å². The highest BCUT2D eigenvalue weighted by Crippen LogP contribution is 2.29. The summed E-state index contributed by atoms with van der Waals surface area (Å²) in [5, 5.41) is 8.26. The molecule has 10 heteroatoms. The normalized spacial score (nSPS) is 19.3. The Morgan fingerprint density at radius 3 is 2.00 bits per heavy atom. The Kier molecular flexibility index (Phi) is 12.5. The number of carbonyl (C=O) groups excluding carboxylic acids is 5. The van der Waals surface area contributed by atoms with Gasteiger partial charge in [0, 0.05) is 26.9 Å². The average molecular weight is 511 g/mol. The van der Waals surface area contributed by atoms with E-state index in [1.165, 1.54) is 18.9 Å². The van der Waals surface area contributed by atoms with Crippen molar-refractivity contribution in [2.75, 3.05) is 20.2 Å². The number of hydrogen-bond acceptors (Lipinski definition) is 6. The number of amides is 4. The van der Waals surface area contributed by atoms with Gasteiger partial charge in [0.15, 0.2) is 5.78 Å². The second-order valence-corrected chi connectivity index (χ2v) is 10.8. The fraction of sp³-hybridized carbons (Fsp3) is 0.808. The molecule has 10 nitrogen and oxygen atoms in total. The van der Waals surface area contributed by atoms with E-state index in [4.69, 9.17) is 4.74 Å². The molecule has 1 aliphatic heterocycles. The highest BCUT2D eigenvalue weighted by molar-refractivity contribution is 5.98. The number of nitrogens with zero attached hydrogens (tertiary/aromatic N) is 1. The van der Waals surface area contributed by atoms with Crippen LogP contribution >= 0.6 is 0 Å². The lowest BCUT2D eigenvalue weighted by molar-refractivity contribution is -0.136. The molecule has 1 aliphatic rings. The molecule has 0 aromatic heterocycles. The Balaban J connectivity index is 3.03. The van der Waals surface area contributed by atoms with E-state index in [-0.39, 0.29) is 36.0 Å². The molecule has 4 atom stereocenters. The van der Waals surface area contributed by atoms with E-state index >= 15 is 0 Å². The zero-order valence-electron chi connectivity index (χ0n) is 23.2. The third kappa shape index (κ3) is 10.2. The van der Waals surface area contributed by atoms with Crippen molar-refractivity contribution >= 4 is 29.4 Å². The van der Waals surface area contributed by atoms with Gasteiger partial charge in [-0.25, -0.2) is 0 Å². The number of ketones is 1. The van der Waals surface area contributed by atoms with Crippen LogP contribution in [0.4, 0.5) is 0 Å². The van der Waals surface area contributed by atoms with Gasteiger partial charge in [-0.2, -0.15) is 0 Å². The van der Waals surface area contributed by atoms with Crippen molar-refractivity contribution in [3.8, 4) is 0 Å². The standard InChI is InChI=1S/C26H46N4O6/c1-9-10-11-12-21(32)29-22(17(4)5)25(35)28-20(14-30(8)18(6)31)24(34)27-19(13-16(2)3)23(33)26(7)15-36-26/h16-17,19-20,22H,9-15H2,1-8H3,(H,27,34)(H,28,35)(H,29,32)/t19-,20-,22-,26+/m0/s1. The Labute approximate surface area is 215 Å². The summed E-state index contributed by atoms with van der Waals surface area (Å²) in [6.45, 7) is 12.8. The summed E-state index contributed by atoms with van der Waals surface area (Å²) in [5.74, 6) is -1.90. The van der Waals surface area contributed by atoms with Crippen molar-refractivity contribution in [2.45, 2.75) is 104 Å². The topological polar surface area (TPSA) is 137 Å². The SMILES string of the molecule is CCCCCC(=O)N[C@H](C(=O)N[C@@H](CN(C)C(C)=O)C(=O)N[C@@H](CC(C)C)C(=O)[C@@]1(C)CO1)C(C)C. The minimum absolute atomic E-state index is 0.0848. The summed E-state index contributed by atoms with van der Waals surface area (Å²) in [6, 6.07) is -2.74. The predicted octanol–water partition coefficient (Wildman–Crippen LogP) is 1.56. The van der Waals surface area contributed by atoms with Crippen LogP contribution in [-0.2, 0) is 28.7 Å². The van der Waals surface area contributed by atoms with Crippen molar-refractivity contribution in [1.82, 2.24) is 20.9 Å². The van der Waals surface area contributed by atoms with Gasteiger partial charge in [-0.3, -0.25) is 24.0 Å². The van der Waals surface area contributed by atoms with Crippen molar-refractivity contribution in [3.05, 3.63) is 0 Å². The van der Waals surface area contributed by atoms with E-state index < -0.39 is 35.5 Å². The van der Waals surface area contributed by atoms with E-state index in [9.17, 15) is 24.0 Å². The summed E-state index contributed by atoms with van der Waals surface area (Å²) in [6.07, 6.45) is 3.37. The predicted molar refractivity (Wildman–Crippen MR) is 137 cm³/mol. The van der Waals surface area contributed by atoms with Crippen LogP contribution in [0.25, 0.3) is 0 Å². The minimum Gasteiger partial charge on any atom is -0.361 e. The summed E-state index contributed by atoms with van der Waals surface area (Å²) in [7, 11) is 1.53. The second kappa shape index (κ2) is 14.3. The van der Waals surface area contributed by atoms with Crippen molar-refractivity contribution in [3.63, 3.8) is 0 Å². The molecule has 0 aromatic carbocycles. The van der Waals surface area contributed by atoms with E-state index in [0.717, 1.165) is 19.3 Å². The zero-order chi connectivity index (χ0) is 27.6. The molecular formula is C26H46N4O6. The highest BCUT2D eigenvalue weighted by Gasteiger charge is 2.50. The number of Topliss-reactive ketones (excluding diaryl/α,β-unsaturated/α-hetero) is 1. The monoisotopic (exact) mass is 510 g/mol. The maximum atomic E-state index is 13.3. The van der Waals surface area contributed by atoms with Gasteiger partial charge < -0.3 is 25.6 Å². The van der Waals surface area contributed by atoms with Crippen LogP contribution < -0.4 is 16.0 Å². The molecule has 1 rings (SSSR count). The number of hydrogen-bond donors (Lipinski definition) is 3. The number of ether oxygens (including phenoxy) is 1. The van der Waals surface area contributed by atoms with Crippen molar-refractivity contribution in [1.29, 1.82) is 0 Å². The molecule has 0 saturated carbocycles. The van der Waals surface area contributed by atoms with E-state index in [1.54, 1.807) is 20.8 Å². The number of nitrogens with one attached hydrogen (secondary N) is 3. The van der Waals surface area contributed by atoms with Gasteiger partial charge in [0.1, 0.15) is 17.7 Å². The summed E-state index contributed by atoms with van der Waals surface area (Å²) < 4.78 is 5.29. The summed E-state index contributed by atoms with van der Waals surface area (Å²) in [4.78, 5) is 65.0. The summed E-state index contributed by atoms with van der Waals surface area (Å²) >= 11 is 0. The molecule has 0 aliphatic carbocycles. The van der Waals surface area contributed by atoms with Gasteiger partial charge in [-0.05, 0) is 31.6 Å². The fourth-order valence-electron chi connectivity index (χ4n) is 3.77. The minimum atomic E-state index is -1.11. The van der Waals surface area contributed by atoms with Gasteiger partial charge in [0.25, 0.3) is 0 Å². The highest BCUT2D eigenvalue weighted by atomic mass is 16.6. The van der Waals surface area contributed by atoms with Crippen molar-refractivity contribution < 1.29 is 28.7 Å². The Morgan fingerprint density at radius 1 is 0.944 bits per heavy atom. The smallest absolute Gasteiger partial charge is 0.245 e. The number of rotatable bonds is 16. The molecule has 36 heavy (non-hydrogen) atoms. The van der Waals surface area contributed by atoms with E-state index in [1.807, 2.05) is 20.8 Å². The molecule has 0 unspecified atom stereocenters. The molecule has 4 amide bonds. The van der Waals surface area contributed by atoms with E-state index in [0.29, 0.717) is 19.4 Å². The first kappa shape index (κ1) is 31.5. The first-order chi connectivity index (χ1) is 16.7. The number of epoxide rings is 1. The van der Waals surface area contributed by atoms with E-state index in [2.05, 4.69) is 16.0 Å². The largest absolute Gasteiger partial charge is 0.361 e. The first-order valence-electron chi connectivity index (χ1n) is 13.0. The molecule has 1 saturated heterocycles. The second-order valence-electron chi connectivity index (χ2n) is 10.8. The van der Waals surface area contributed by atoms with Gasteiger partial charge in [-0.15, -0.1) is 0 Å². The lowest BCUT2D eigenvalue weighted by Gasteiger charge is -2.29. The Hall–Kier alpha value is -2.49. The molecule has 206 valence electrons. The van der Waals surface area contributed by atoms with Crippen LogP contribution in [0.1, 0.15) is 80.6 Å². The molecule has 0 aromatic rings. The van der Waals surface area contributed by atoms with Crippen LogP contribution in [0.2, 0.25) is 0 Å². The third-order valence-corrected chi connectivity index (χ3v) is 6.34. The lowest BCUT2D eigenvalue weighted by Crippen LogP contribution is -2.60. The molecule has 0 spiro atoms. The third-order valence-electron chi connectivity index (χ3n) is 6.34. The molecular weight excluding hydrogens is 464 g/mol. The Bertz CT molecular complexity index is 793. The Morgan fingerprint density at radius 2 is 1.53 bits per heavy atom. The number of unbranched alkanes of at least 4 members (excludes halogenated alkanes) is 2. The van der Waals surface area contributed by atoms with Crippen LogP contribution in [0.3, 0.4) is 0 Å². The summed E-state index contributed by atoms with van der Waals surface area (Å²) in [5.41, 5.74) is -0.910. The molecule has 1 fully saturated rings. The van der Waals surface area contributed by atoms with Gasteiger partial charge in [0.2, 0.25) is 23.6 Å². The molecule has 1 heterocycles. The maximum Gasteiger partial charge on any atom is 0.245 e. The molecule has 0 bridgehead atoms. The van der Waals surface area contributed by atoms with Gasteiger partial charge in [0.05, 0.1) is 12.6 Å². The van der Waals surface area contributed by atoms with Crippen LogP contribution in [0.15, 0.2) is 0 Å². The lowest BCUT2D eigenvalue weighted by atomic mass is 9.93. The quantitative estimate of drug-likeness (QED) is 0.213. The van der Waals surface area contributed by atoms with Crippen LogP contribution in [0, 0.1) is 11.8 Å².